The highest BCUT2D eigenvalue weighted by Gasteiger charge is 2.30. The number of carbonyl (C=O) groups excluding carboxylic acids is 2. The topological polar surface area (TPSA) is 117 Å². The van der Waals surface area contributed by atoms with Crippen molar-refractivity contribution in [2.24, 2.45) is 0 Å². The minimum Gasteiger partial charge on any atom is -0.354 e. The van der Waals surface area contributed by atoms with Crippen LogP contribution in [0.5, 0.6) is 0 Å². The van der Waals surface area contributed by atoms with Crippen LogP contribution in [-0.2, 0) is 9.59 Å². The van der Waals surface area contributed by atoms with Crippen LogP contribution in [0.4, 0.5) is 16.0 Å². The second kappa shape index (κ2) is 14.4. The van der Waals surface area contributed by atoms with E-state index in [1.807, 2.05) is 63.8 Å². The molecule has 54 heavy (non-hydrogen) atoms. The lowest BCUT2D eigenvalue weighted by atomic mass is 10.0. The molecule has 9 rings (SSSR count). The number of aromatic nitrogens is 6. The van der Waals surface area contributed by atoms with E-state index in [-0.39, 0.29) is 23.7 Å². The van der Waals surface area contributed by atoms with Gasteiger partial charge in [-0.05, 0) is 79.4 Å². The van der Waals surface area contributed by atoms with Crippen molar-refractivity contribution >= 4 is 40.1 Å². The average Bonchev–Trinajstić information content (AvgIpc) is 3.96. The third kappa shape index (κ3) is 6.65. The first-order valence-corrected chi connectivity index (χ1v) is 18.6. The van der Waals surface area contributed by atoms with E-state index in [1.54, 1.807) is 18.5 Å². The lowest BCUT2D eigenvalue weighted by Crippen LogP contribution is -2.46. The lowest BCUT2D eigenvalue weighted by Gasteiger charge is -2.35. The summed E-state index contributed by atoms with van der Waals surface area (Å²) in [5.74, 6) is 7.64. The first kappa shape index (κ1) is 33.7. The van der Waals surface area contributed by atoms with Crippen molar-refractivity contribution in [1.82, 2.24) is 39.3 Å². The van der Waals surface area contributed by atoms with E-state index in [2.05, 4.69) is 47.9 Å². The number of pyridine rings is 1. The minimum absolute atomic E-state index is 0.0753. The Bertz CT molecular complexity index is 2440. The van der Waals surface area contributed by atoms with Crippen molar-refractivity contribution in [1.29, 1.82) is 0 Å². The number of amides is 2. The Kier molecular flexibility index (Phi) is 8.96. The number of benzene rings is 2. The minimum atomic E-state index is -0.433. The van der Waals surface area contributed by atoms with E-state index in [4.69, 9.17) is 10.1 Å². The van der Waals surface area contributed by atoms with E-state index in [1.165, 1.54) is 6.07 Å². The van der Waals surface area contributed by atoms with Gasteiger partial charge in [0.2, 0.25) is 11.8 Å². The summed E-state index contributed by atoms with van der Waals surface area (Å²) in [4.78, 5) is 45.2. The fourth-order valence-corrected chi connectivity index (χ4v) is 7.92. The SMILES string of the molecule is O=C1CCC(n2cnc3cc(C#CCCN4CCN(c5cccc(-c6cnc7ccc(N8CCC[C@@H]8c8cccc(F)c8)nn67)n5)CC4)ccc32)C(=O)N1. The van der Waals surface area contributed by atoms with E-state index < -0.39 is 6.04 Å². The van der Waals surface area contributed by atoms with E-state index in [9.17, 15) is 14.0 Å². The summed E-state index contributed by atoms with van der Waals surface area (Å²) in [7, 11) is 0. The molecule has 272 valence electrons. The molecule has 6 aromatic rings. The van der Waals surface area contributed by atoms with Gasteiger partial charge in [-0.3, -0.25) is 19.8 Å². The maximum atomic E-state index is 14.1. The van der Waals surface area contributed by atoms with E-state index in [0.29, 0.717) is 12.8 Å². The van der Waals surface area contributed by atoms with Gasteiger partial charge < -0.3 is 14.4 Å². The maximum Gasteiger partial charge on any atom is 0.249 e. The molecule has 2 aromatic carbocycles. The van der Waals surface area contributed by atoms with Crippen molar-refractivity contribution in [3.05, 3.63) is 102 Å². The molecule has 3 aliphatic heterocycles. The number of piperidine rings is 1. The van der Waals surface area contributed by atoms with E-state index in [0.717, 1.165) is 109 Å². The predicted molar refractivity (Wildman–Crippen MR) is 203 cm³/mol. The predicted octanol–water partition coefficient (Wildman–Crippen LogP) is 5.16. The van der Waals surface area contributed by atoms with Gasteiger partial charge in [0.15, 0.2) is 5.65 Å². The Labute approximate surface area is 311 Å². The molecule has 3 fully saturated rings. The molecule has 2 amide bonds. The van der Waals surface area contributed by atoms with Crippen molar-refractivity contribution in [2.45, 2.75) is 44.2 Å². The average molecular weight is 723 g/mol. The molecule has 0 bridgehead atoms. The van der Waals surface area contributed by atoms with Crippen LogP contribution in [0, 0.1) is 17.7 Å². The number of hydrogen-bond donors (Lipinski definition) is 1. The molecule has 0 saturated carbocycles. The van der Waals surface area contributed by atoms with Crippen LogP contribution in [0.2, 0.25) is 0 Å². The Morgan fingerprint density at radius 2 is 1.76 bits per heavy atom. The van der Waals surface area contributed by atoms with Crippen LogP contribution in [-0.4, -0.2) is 85.1 Å². The Hall–Kier alpha value is -6.13. The Morgan fingerprint density at radius 1 is 0.870 bits per heavy atom. The number of piperazine rings is 1. The summed E-state index contributed by atoms with van der Waals surface area (Å²) in [6, 6.07) is 22.5. The number of hydrogen-bond acceptors (Lipinski definition) is 9. The molecule has 4 aromatic heterocycles. The van der Waals surface area contributed by atoms with Crippen molar-refractivity contribution in [3.63, 3.8) is 0 Å². The lowest BCUT2D eigenvalue weighted by molar-refractivity contribution is -0.135. The van der Waals surface area contributed by atoms with E-state index >= 15 is 0 Å². The quantitative estimate of drug-likeness (QED) is 0.176. The van der Waals surface area contributed by atoms with Crippen molar-refractivity contribution < 1.29 is 14.0 Å². The zero-order chi connectivity index (χ0) is 36.6. The molecule has 12 nitrogen and oxygen atoms in total. The summed E-state index contributed by atoms with van der Waals surface area (Å²) in [6.45, 7) is 5.30. The number of anilines is 2. The van der Waals surface area contributed by atoms with Crippen LogP contribution < -0.4 is 15.1 Å². The molecule has 0 radical (unpaired) electrons. The van der Waals surface area contributed by atoms with Gasteiger partial charge in [-0.2, -0.15) is 0 Å². The first-order valence-electron chi connectivity index (χ1n) is 18.6. The number of rotatable bonds is 7. The number of nitrogens with zero attached hydrogens (tertiary/aromatic N) is 9. The molecule has 13 heteroatoms. The summed E-state index contributed by atoms with van der Waals surface area (Å²) in [6.07, 6.45) is 7.01. The highest BCUT2D eigenvalue weighted by Crippen LogP contribution is 2.36. The summed E-state index contributed by atoms with van der Waals surface area (Å²) < 4.78 is 17.8. The number of halogens is 1. The van der Waals surface area contributed by atoms with Gasteiger partial charge in [-0.15, -0.1) is 5.10 Å². The molecule has 7 heterocycles. The third-order valence-electron chi connectivity index (χ3n) is 10.7. The number of imide groups is 1. The second-order valence-corrected chi connectivity index (χ2v) is 14.1. The molecule has 2 atom stereocenters. The van der Waals surface area contributed by atoms with Crippen molar-refractivity contribution in [2.75, 3.05) is 49.1 Å². The van der Waals surface area contributed by atoms with Gasteiger partial charge >= 0.3 is 0 Å². The van der Waals surface area contributed by atoms with Gasteiger partial charge in [0.05, 0.1) is 35.3 Å². The molecule has 0 spiro atoms. The molecule has 1 N–H and O–H groups in total. The molecule has 3 aliphatic rings. The van der Waals surface area contributed by atoms with Gasteiger partial charge in [0.25, 0.3) is 0 Å². The molecular formula is C41H39FN10O2. The normalized spacial score (nSPS) is 19.4. The number of nitrogens with one attached hydrogen (secondary N) is 1. The Morgan fingerprint density at radius 3 is 2.63 bits per heavy atom. The first-order chi connectivity index (χ1) is 26.5. The molecule has 1 unspecified atom stereocenters. The van der Waals surface area contributed by atoms with Crippen LogP contribution >= 0.6 is 0 Å². The fraction of sp³-hybridized carbons (Fsp3) is 0.317. The van der Waals surface area contributed by atoms with Crippen LogP contribution in [0.1, 0.15) is 55.3 Å². The van der Waals surface area contributed by atoms with Crippen LogP contribution in [0.15, 0.2) is 85.3 Å². The van der Waals surface area contributed by atoms with Gasteiger partial charge in [-0.1, -0.05) is 30.0 Å². The number of carbonyl (C=O) groups is 2. The Balaban J connectivity index is 0.819. The summed E-state index contributed by atoms with van der Waals surface area (Å²) >= 11 is 0. The standard InChI is InChI=1S/C41H39FN10O2/c42-30-8-3-7-29(25-30)33-10-5-19-50(33)39-16-15-37-43-26-36(52(37)47-39)31-9-4-11-38(45-31)49-22-20-48(21-23-49)18-2-1-6-28-12-13-34-32(24-28)44-27-51(34)35-14-17-40(53)46-41(35)54/h3-4,7-9,11-13,15-16,24-27,33,35H,2,5,10,14,17-23H2,(H,46,53,54)/t33-,35?/m1/s1. The van der Waals surface area contributed by atoms with Gasteiger partial charge in [-0.25, -0.2) is 23.9 Å². The monoisotopic (exact) mass is 722 g/mol. The smallest absolute Gasteiger partial charge is 0.249 e. The molecule has 3 saturated heterocycles. The van der Waals surface area contributed by atoms with Crippen LogP contribution in [0.25, 0.3) is 28.1 Å². The summed E-state index contributed by atoms with van der Waals surface area (Å²) in [5.41, 5.74) is 5.87. The molecule has 0 aliphatic carbocycles. The fourth-order valence-electron chi connectivity index (χ4n) is 7.92. The van der Waals surface area contributed by atoms with Crippen molar-refractivity contribution in [3.8, 4) is 23.2 Å². The highest BCUT2D eigenvalue weighted by molar-refractivity contribution is 6.00. The zero-order valence-electron chi connectivity index (χ0n) is 29.7. The largest absolute Gasteiger partial charge is 0.354 e. The van der Waals surface area contributed by atoms with Crippen LogP contribution in [0.3, 0.4) is 0 Å². The third-order valence-corrected chi connectivity index (χ3v) is 10.7. The van der Waals surface area contributed by atoms with Gasteiger partial charge in [0, 0.05) is 57.7 Å². The van der Waals surface area contributed by atoms with Gasteiger partial charge in [0.1, 0.15) is 29.2 Å². The molecular weight excluding hydrogens is 684 g/mol. The number of fused-ring (bicyclic) bond motifs is 2. The highest BCUT2D eigenvalue weighted by atomic mass is 19.1. The summed E-state index contributed by atoms with van der Waals surface area (Å²) in [5, 5.41) is 7.44. The zero-order valence-corrected chi connectivity index (χ0v) is 29.7. The maximum absolute atomic E-state index is 14.1. The second-order valence-electron chi connectivity index (χ2n) is 14.1. The number of imidazole rings is 2.